The minimum absolute atomic E-state index is 0.0514. The summed E-state index contributed by atoms with van der Waals surface area (Å²) in [6, 6.07) is 28.6. The van der Waals surface area contributed by atoms with Crippen LogP contribution in [0.4, 0.5) is 9.59 Å². The molecule has 0 radical (unpaired) electrons. The van der Waals surface area contributed by atoms with E-state index in [-0.39, 0.29) is 32.6 Å². The van der Waals surface area contributed by atoms with Crippen molar-refractivity contribution < 1.29 is 38.1 Å². The molecule has 0 aliphatic heterocycles. The lowest BCUT2D eigenvalue weighted by Gasteiger charge is -2.35. The molecule has 4 rings (SSSR count). The molecule has 2 atom stereocenters. The lowest BCUT2D eigenvalue weighted by Crippen LogP contribution is -2.58. The first-order chi connectivity index (χ1) is 28.5. The fraction of sp³-hybridized carbons (Fsp3) is 0.404. The van der Waals surface area contributed by atoms with E-state index in [1.54, 1.807) is 25.7 Å². The van der Waals surface area contributed by atoms with Crippen LogP contribution in [0.25, 0.3) is 10.8 Å². The molecular weight excluding hydrogens is 763 g/mol. The summed E-state index contributed by atoms with van der Waals surface area (Å²) in [6.07, 6.45) is -0.182. The fourth-order valence-corrected chi connectivity index (χ4v) is 6.35. The molecule has 13 heteroatoms. The smallest absolute Gasteiger partial charge is 0.429 e. The van der Waals surface area contributed by atoms with E-state index >= 15 is 0 Å². The summed E-state index contributed by atoms with van der Waals surface area (Å²) in [5.41, 5.74) is 1.07. The summed E-state index contributed by atoms with van der Waals surface area (Å²) >= 11 is 0. The van der Waals surface area contributed by atoms with E-state index in [1.807, 2.05) is 125 Å². The van der Waals surface area contributed by atoms with Gasteiger partial charge in [-0.3, -0.25) is 9.59 Å². The molecule has 0 saturated heterocycles. The maximum atomic E-state index is 15.0. The van der Waals surface area contributed by atoms with Crippen LogP contribution in [-0.4, -0.2) is 95.7 Å². The van der Waals surface area contributed by atoms with E-state index in [2.05, 4.69) is 17.2 Å². The summed E-state index contributed by atoms with van der Waals surface area (Å²) in [6.45, 7) is 16.5. The predicted molar refractivity (Wildman–Crippen MR) is 233 cm³/mol. The van der Waals surface area contributed by atoms with E-state index < -0.39 is 54.0 Å². The van der Waals surface area contributed by atoms with Gasteiger partial charge in [-0.25, -0.2) is 19.6 Å². The largest absolute Gasteiger partial charge is 0.488 e. The zero-order valence-electron chi connectivity index (χ0n) is 36.2. The Hall–Kier alpha value is -5.92. The second-order valence-electron chi connectivity index (χ2n) is 16.2. The van der Waals surface area contributed by atoms with Gasteiger partial charge in [0.05, 0.1) is 13.1 Å². The number of hydrogen-bond donors (Lipinski definition) is 2. The summed E-state index contributed by atoms with van der Waals surface area (Å²) in [5, 5.41) is 9.69. The normalized spacial score (nSPS) is 12.5. The van der Waals surface area contributed by atoms with E-state index in [0.717, 1.165) is 37.5 Å². The van der Waals surface area contributed by atoms with Crippen LogP contribution in [0.1, 0.15) is 65.2 Å². The van der Waals surface area contributed by atoms with Crippen molar-refractivity contribution >= 4 is 34.7 Å². The van der Waals surface area contributed by atoms with E-state index in [1.165, 1.54) is 13.2 Å². The third kappa shape index (κ3) is 14.7. The summed E-state index contributed by atoms with van der Waals surface area (Å²) in [4.78, 5) is 58.4. The Labute approximate surface area is 354 Å². The molecule has 0 aromatic heterocycles. The second-order valence-corrected chi connectivity index (χ2v) is 16.2. The monoisotopic (exact) mass is 823 g/mol. The Morgan fingerprint density at radius 3 is 2.10 bits per heavy atom. The predicted octanol–water partition coefficient (Wildman–Crippen LogP) is 7.63. The maximum Gasteiger partial charge on any atom is 0.429 e. The van der Waals surface area contributed by atoms with Crippen LogP contribution in [0.5, 0.6) is 5.75 Å². The second kappa shape index (κ2) is 21.9. The van der Waals surface area contributed by atoms with Gasteiger partial charge in [-0.15, -0.1) is 6.58 Å². The molecular formula is C47H61N5O8. The van der Waals surface area contributed by atoms with Crippen LogP contribution in [0.2, 0.25) is 0 Å². The molecule has 60 heavy (non-hydrogen) atoms. The lowest BCUT2D eigenvalue weighted by atomic mass is 10.0. The van der Waals surface area contributed by atoms with Gasteiger partial charge in [0.25, 0.3) is 0 Å². The van der Waals surface area contributed by atoms with Crippen molar-refractivity contribution in [2.24, 2.45) is 0 Å². The number of carbonyl (C=O) groups is 4. The number of ether oxygens (including phenoxy) is 4. The maximum absolute atomic E-state index is 15.0. The summed E-state index contributed by atoms with van der Waals surface area (Å²) < 4.78 is 23.2. The standard InChI is InChI=1S/C47H61N5O8/c1-10-28-51(44(55)48-30-35-18-13-12-14-19-35)52(45(56)60-47(6,7)8)32-41(53)49-40(29-34-24-26-38(27-25-34)59-46(3,4)5)43(54)50(33-42(57-9)58-11-2)31-37-22-17-21-36-20-15-16-23-39(36)37/h10,12-27,40,42H,1,11,28-33H2,2-9H3,(H,48,55)(H,49,53)/t40-,42?/m0/s1. The molecule has 0 aliphatic rings. The van der Waals surface area contributed by atoms with E-state index in [9.17, 15) is 19.2 Å². The van der Waals surface area contributed by atoms with Gasteiger partial charge in [0, 0.05) is 33.2 Å². The Bertz CT molecular complexity index is 2020. The highest BCUT2D eigenvalue weighted by molar-refractivity contribution is 5.91. The third-order valence-corrected chi connectivity index (χ3v) is 8.97. The number of nitrogens with one attached hydrogen (secondary N) is 2. The van der Waals surface area contributed by atoms with Crippen LogP contribution < -0.4 is 15.4 Å². The highest BCUT2D eigenvalue weighted by atomic mass is 16.7. The fourth-order valence-electron chi connectivity index (χ4n) is 6.35. The van der Waals surface area contributed by atoms with Crippen molar-refractivity contribution in [2.75, 3.05) is 33.4 Å². The van der Waals surface area contributed by atoms with Gasteiger partial charge in [-0.2, -0.15) is 0 Å². The van der Waals surface area contributed by atoms with Crippen molar-refractivity contribution in [3.05, 3.63) is 126 Å². The average Bonchev–Trinajstić information content (AvgIpc) is 3.20. The van der Waals surface area contributed by atoms with Gasteiger partial charge < -0.3 is 34.5 Å². The molecule has 13 nitrogen and oxygen atoms in total. The van der Waals surface area contributed by atoms with Gasteiger partial charge in [0.15, 0.2) is 6.29 Å². The number of nitrogens with zero attached hydrogens (tertiary/aromatic N) is 3. The lowest BCUT2D eigenvalue weighted by molar-refractivity contribution is -0.154. The topological polar surface area (TPSA) is 139 Å². The SMILES string of the molecule is C=CCN(C(=O)NCc1ccccc1)N(CC(=O)N[C@@H](Cc1ccc(OC(C)(C)C)cc1)C(=O)N(Cc1cccc2ccccc12)CC(OC)OCC)C(=O)OC(C)(C)C. The van der Waals surface area contributed by atoms with E-state index in [0.29, 0.717) is 12.4 Å². The van der Waals surface area contributed by atoms with Gasteiger partial charge in [-0.1, -0.05) is 91.0 Å². The van der Waals surface area contributed by atoms with Crippen molar-refractivity contribution in [1.29, 1.82) is 0 Å². The van der Waals surface area contributed by atoms with Crippen LogP contribution in [0.3, 0.4) is 0 Å². The van der Waals surface area contributed by atoms with Crippen LogP contribution in [0, 0.1) is 0 Å². The number of hydrazine groups is 1. The number of rotatable bonds is 18. The molecule has 4 aromatic rings. The molecule has 5 amide bonds. The third-order valence-electron chi connectivity index (χ3n) is 8.97. The average molecular weight is 824 g/mol. The van der Waals surface area contributed by atoms with Crippen LogP contribution in [0.15, 0.2) is 110 Å². The minimum Gasteiger partial charge on any atom is -0.488 e. The number of benzene rings is 4. The molecule has 0 spiro atoms. The van der Waals surface area contributed by atoms with Gasteiger partial charge in [-0.05, 0) is 88.1 Å². The molecule has 0 aliphatic carbocycles. The molecule has 1 unspecified atom stereocenters. The van der Waals surface area contributed by atoms with Gasteiger partial charge in [0.1, 0.15) is 29.5 Å². The number of hydrogen-bond acceptors (Lipinski definition) is 8. The molecule has 4 aromatic carbocycles. The molecule has 0 fully saturated rings. The van der Waals surface area contributed by atoms with Crippen molar-refractivity contribution in [3.63, 3.8) is 0 Å². The van der Waals surface area contributed by atoms with Gasteiger partial charge in [0.2, 0.25) is 11.8 Å². The molecule has 0 saturated carbocycles. The zero-order chi connectivity index (χ0) is 43.9. The minimum atomic E-state index is -1.14. The quantitative estimate of drug-likeness (QED) is 0.0594. The van der Waals surface area contributed by atoms with E-state index in [4.69, 9.17) is 18.9 Å². The number of methoxy groups -OCH3 is 1. The van der Waals surface area contributed by atoms with Crippen molar-refractivity contribution in [3.8, 4) is 5.75 Å². The first-order valence-electron chi connectivity index (χ1n) is 20.2. The van der Waals surface area contributed by atoms with Gasteiger partial charge >= 0.3 is 12.1 Å². The first-order valence-corrected chi connectivity index (χ1v) is 20.2. The Kier molecular flexibility index (Phi) is 17.1. The van der Waals surface area contributed by atoms with Crippen molar-refractivity contribution in [1.82, 2.24) is 25.6 Å². The highest BCUT2D eigenvalue weighted by Gasteiger charge is 2.34. The molecule has 322 valence electrons. The number of fused-ring (bicyclic) bond motifs is 1. The van der Waals surface area contributed by atoms with Crippen LogP contribution >= 0.6 is 0 Å². The molecule has 0 heterocycles. The zero-order valence-corrected chi connectivity index (χ0v) is 36.2. The summed E-state index contributed by atoms with van der Waals surface area (Å²) in [5.74, 6) is -0.480. The Morgan fingerprint density at radius 2 is 1.47 bits per heavy atom. The number of carbonyl (C=O) groups excluding carboxylic acids is 4. The molecule has 0 bridgehead atoms. The highest BCUT2D eigenvalue weighted by Crippen LogP contribution is 2.23. The molecule has 2 N–H and O–H groups in total. The first kappa shape index (κ1) is 46.8. The summed E-state index contributed by atoms with van der Waals surface area (Å²) in [7, 11) is 1.51. The van der Waals surface area contributed by atoms with Crippen molar-refractivity contribution in [2.45, 2.75) is 91.5 Å². The Balaban J connectivity index is 1.71. The number of amides is 5. The number of urea groups is 1. The van der Waals surface area contributed by atoms with Crippen LogP contribution in [-0.2, 0) is 43.3 Å². The Morgan fingerprint density at radius 1 is 0.800 bits per heavy atom.